The monoisotopic (exact) mass is 355 g/mol. The first-order valence-corrected chi connectivity index (χ1v) is 9.11. The molecule has 1 fully saturated rings. The maximum absolute atomic E-state index is 6.02. The topological polar surface area (TPSA) is 68.7 Å². The standard InChI is InChI=1S/C17H17N5O2S/c1-11-12-4-2-3-5-13(12)24-15(11)16-18-19-17-22(16)20-14(25-17)10-21-6-8-23-9-7-21/h2-5H,6-10H2,1H3. The molecular formula is C17H17N5O2S. The van der Waals surface area contributed by atoms with E-state index in [1.54, 1.807) is 15.9 Å². The van der Waals surface area contributed by atoms with Gasteiger partial charge in [0.2, 0.25) is 10.8 Å². The van der Waals surface area contributed by atoms with Gasteiger partial charge >= 0.3 is 0 Å². The van der Waals surface area contributed by atoms with Crippen molar-refractivity contribution in [3.05, 3.63) is 34.8 Å². The van der Waals surface area contributed by atoms with Crippen LogP contribution in [0.2, 0.25) is 0 Å². The van der Waals surface area contributed by atoms with Crippen molar-refractivity contribution in [2.75, 3.05) is 26.3 Å². The Morgan fingerprint density at radius 3 is 2.84 bits per heavy atom. The van der Waals surface area contributed by atoms with Crippen molar-refractivity contribution in [2.24, 2.45) is 0 Å². The van der Waals surface area contributed by atoms with Crippen LogP contribution >= 0.6 is 11.3 Å². The third-order valence-corrected chi connectivity index (χ3v) is 5.43. The van der Waals surface area contributed by atoms with Gasteiger partial charge in [0.25, 0.3) is 0 Å². The molecule has 5 rings (SSSR count). The van der Waals surface area contributed by atoms with Crippen LogP contribution in [0.25, 0.3) is 27.5 Å². The number of rotatable bonds is 3. The van der Waals surface area contributed by atoms with E-state index in [4.69, 9.17) is 14.3 Å². The van der Waals surface area contributed by atoms with Gasteiger partial charge in [0.15, 0.2) is 5.76 Å². The van der Waals surface area contributed by atoms with Crippen molar-refractivity contribution in [3.63, 3.8) is 0 Å². The Bertz CT molecular complexity index is 1040. The summed E-state index contributed by atoms with van der Waals surface area (Å²) in [6.45, 7) is 6.31. The Morgan fingerprint density at radius 1 is 1.16 bits per heavy atom. The molecule has 0 amide bonds. The highest BCUT2D eigenvalue weighted by Crippen LogP contribution is 2.32. The predicted octanol–water partition coefficient (Wildman–Crippen LogP) is 2.74. The van der Waals surface area contributed by atoms with Crippen LogP contribution in [0.15, 0.2) is 28.7 Å². The fourth-order valence-corrected chi connectivity index (χ4v) is 4.08. The number of aromatic nitrogens is 4. The molecule has 1 aliphatic rings. The van der Waals surface area contributed by atoms with Crippen molar-refractivity contribution in [3.8, 4) is 11.6 Å². The zero-order chi connectivity index (χ0) is 16.8. The van der Waals surface area contributed by atoms with Gasteiger partial charge in [-0.15, -0.1) is 10.2 Å². The van der Waals surface area contributed by atoms with Crippen molar-refractivity contribution >= 4 is 27.3 Å². The first-order valence-electron chi connectivity index (χ1n) is 8.29. The minimum atomic E-state index is 0.660. The number of para-hydroxylation sites is 1. The van der Waals surface area contributed by atoms with Crippen LogP contribution in [-0.4, -0.2) is 51.0 Å². The van der Waals surface area contributed by atoms with E-state index in [1.807, 2.05) is 25.1 Å². The van der Waals surface area contributed by atoms with Gasteiger partial charge in [-0.1, -0.05) is 29.5 Å². The number of nitrogens with zero attached hydrogens (tertiary/aromatic N) is 5. The molecule has 4 heterocycles. The molecule has 0 bridgehead atoms. The molecule has 0 N–H and O–H groups in total. The summed E-state index contributed by atoms with van der Waals surface area (Å²) in [6, 6.07) is 8.00. The zero-order valence-electron chi connectivity index (χ0n) is 13.8. The van der Waals surface area contributed by atoms with Gasteiger partial charge in [-0.3, -0.25) is 4.90 Å². The maximum Gasteiger partial charge on any atom is 0.235 e. The Hall–Kier alpha value is -2.29. The van der Waals surface area contributed by atoms with Crippen LogP contribution in [0.1, 0.15) is 10.6 Å². The van der Waals surface area contributed by atoms with Crippen LogP contribution in [0.4, 0.5) is 0 Å². The number of fused-ring (bicyclic) bond motifs is 2. The van der Waals surface area contributed by atoms with Gasteiger partial charge in [0.1, 0.15) is 10.6 Å². The smallest absolute Gasteiger partial charge is 0.235 e. The van der Waals surface area contributed by atoms with E-state index in [0.29, 0.717) is 5.82 Å². The summed E-state index contributed by atoms with van der Waals surface area (Å²) in [7, 11) is 0. The van der Waals surface area contributed by atoms with E-state index in [-0.39, 0.29) is 0 Å². The van der Waals surface area contributed by atoms with Crippen LogP contribution in [-0.2, 0) is 11.3 Å². The highest BCUT2D eigenvalue weighted by molar-refractivity contribution is 7.16. The van der Waals surface area contributed by atoms with E-state index >= 15 is 0 Å². The fourth-order valence-electron chi connectivity index (χ4n) is 3.20. The molecule has 7 nitrogen and oxygen atoms in total. The molecule has 1 saturated heterocycles. The molecular weight excluding hydrogens is 338 g/mol. The van der Waals surface area contributed by atoms with Crippen molar-refractivity contribution in [2.45, 2.75) is 13.5 Å². The van der Waals surface area contributed by atoms with E-state index in [2.05, 4.69) is 21.2 Å². The van der Waals surface area contributed by atoms with Crippen LogP contribution < -0.4 is 0 Å². The van der Waals surface area contributed by atoms with Gasteiger partial charge in [-0.25, -0.2) is 0 Å². The molecule has 4 aromatic rings. The Kier molecular flexibility index (Phi) is 3.54. The maximum atomic E-state index is 6.02. The largest absolute Gasteiger partial charge is 0.452 e. The normalized spacial score (nSPS) is 16.2. The average Bonchev–Trinajstić information content (AvgIpc) is 3.29. The van der Waals surface area contributed by atoms with E-state index < -0.39 is 0 Å². The number of furan rings is 1. The van der Waals surface area contributed by atoms with Crippen molar-refractivity contribution in [1.82, 2.24) is 24.7 Å². The second kappa shape index (κ2) is 5.91. The summed E-state index contributed by atoms with van der Waals surface area (Å²) in [4.78, 5) is 3.14. The number of morpholine rings is 1. The lowest BCUT2D eigenvalue weighted by molar-refractivity contribution is 0.0340. The van der Waals surface area contributed by atoms with Gasteiger partial charge < -0.3 is 9.15 Å². The number of hydrogen-bond acceptors (Lipinski definition) is 7. The third kappa shape index (κ3) is 2.53. The van der Waals surface area contributed by atoms with Gasteiger partial charge in [0.05, 0.1) is 19.8 Å². The van der Waals surface area contributed by atoms with Crippen LogP contribution in [0, 0.1) is 6.92 Å². The number of ether oxygens (including phenoxy) is 1. The molecule has 0 radical (unpaired) electrons. The second-order valence-corrected chi connectivity index (χ2v) is 7.20. The zero-order valence-corrected chi connectivity index (χ0v) is 14.6. The molecule has 0 saturated carbocycles. The first kappa shape index (κ1) is 15.0. The Morgan fingerprint density at radius 2 is 2.00 bits per heavy atom. The highest BCUT2D eigenvalue weighted by atomic mass is 32.1. The van der Waals surface area contributed by atoms with Gasteiger partial charge in [-0.05, 0) is 13.0 Å². The second-order valence-electron chi connectivity index (χ2n) is 6.15. The van der Waals surface area contributed by atoms with Gasteiger partial charge in [-0.2, -0.15) is 9.61 Å². The van der Waals surface area contributed by atoms with E-state index in [9.17, 15) is 0 Å². The summed E-state index contributed by atoms with van der Waals surface area (Å²) in [6.07, 6.45) is 0. The third-order valence-electron chi connectivity index (χ3n) is 4.54. The van der Waals surface area contributed by atoms with Gasteiger partial charge in [0, 0.05) is 24.0 Å². The van der Waals surface area contributed by atoms with Crippen molar-refractivity contribution in [1.29, 1.82) is 0 Å². The number of aryl methyl sites for hydroxylation is 1. The number of benzene rings is 1. The Labute approximate surface area is 147 Å². The van der Waals surface area contributed by atoms with E-state index in [1.165, 1.54) is 0 Å². The summed E-state index contributed by atoms with van der Waals surface area (Å²) < 4.78 is 13.2. The molecule has 0 spiro atoms. The lowest BCUT2D eigenvalue weighted by atomic mass is 10.1. The average molecular weight is 355 g/mol. The molecule has 8 heteroatoms. The van der Waals surface area contributed by atoms with E-state index in [0.717, 1.165) is 65.1 Å². The lowest BCUT2D eigenvalue weighted by Gasteiger charge is -2.25. The summed E-state index contributed by atoms with van der Waals surface area (Å²) in [5.41, 5.74) is 1.92. The SMILES string of the molecule is Cc1c(-c2nnc3sc(CN4CCOCC4)nn23)oc2ccccc12. The highest BCUT2D eigenvalue weighted by Gasteiger charge is 2.21. The summed E-state index contributed by atoms with van der Waals surface area (Å²) in [5, 5.41) is 15.4. The molecule has 1 aromatic carbocycles. The lowest BCUT2D eigenvalue weighted by Crippen LogP contribution is -2.35. The first-order chi connectivity index (χ1) is 12.3. The summed E-state index contributed by atoms with van der Waals surface area (Å²) in [5.74, 6) is 1.39. The minimum Gasteiger partial charge on any atom is -0.452 e. The summed E-state index contributed by atoms with van der Waals surface area (Å²) >= 11 is 1.57. The Balaban J connectivity index is 1.53. The molecule has 128 valence electrons. The molecule has 0 atom stereocenters. The minimum absolute atomic E-state index is 0.660. The number of hydrogen-bond donors (Lipinski definition) is 0. The molecule has 3 aromatic heterocycles. The quantitative estimate of drug-likeness (QED) is 0.563. The fraction of sp³-hybridized carbons (Fsp3) is 0.353. The van der Waals surface area contributed by atoms with Crippen LogP contribution in [0.3, 0.4) is 0 Å². The van der Waals surface area contributed by atoms with Crippen LogP contribution in [0.5, 0.6) is 0 Å². The molecule has 0 aliphatic carbocycles. The molecule has 1 aliphatic heterocycles. The molecule has 0 unspecified atom stereocenters. The van der Waals surface area contributed by atoms with Crippen molar-refractivity contribution < 1.29 is 9.15 Å². The predicted molar refractivity (Wildman–Crippen MR) is 94.7 cm³/mol. The molecule has 25 heavy (non-hydrogen) atoms.